The van der Waals surface area contributed by atoms with Gasteiger partial charge in [0.05, 0.1) is 0 Å². The van der Waals surface area contributed by atoms with Crippen LogP contribution in [0, 0.1) is 0 Å². The lowest BCUT2D eigenvalue weighted by Gasteiger charge is -2.23. The monoisotopic (exact) mass is 300 g/mol. The third-order valence-electron chi connectivity index (χ3n) is 2.73. The highest BCUT2D eigenvalue weighted by Gasteiger charge is 2.26. The predicted octanol–water partition coefficient (Wildman–Crippen LogP) is 2.42. The van der Waals surface area contributed by atoms with Crippen LogP contribution in [0.25, 0.3) is 0 Å². The molecule has 0 spiro atoms. The van der Waals surface area contributed by atoms with Crippen molar-refractivity contribution in [2.24, 2.45) is 0 Å². The molecule has 1 atom stereocenters. The molecule has 1 saturated heterocycles. The Kier molecular flexibility index (Phi) is 3.86. The molecule has 86 valence electrons. The van der Waals surface area contributed by atoms with E-state index in [-0.39, 0.29) is 5.91 Å². The molecule has 1 aliphatic rings. The third-order valence-corrected chi connectivity index (χ3v) is 4.52. The largest absolute Gasteiger partial charge is 0.336 e. The van der Waals surface area contributed by atoms with E-state index in [2.05, 4.69) is 20.9 Å². The van der Waals surface area contributed by atoms with Gasteiger partial charge < -0.3 is 4.90 Å². The number of amides is 1. The highest BCUT2D eigenvalue weighted by Crippen LogP contribution is 2.23. The number of carbonyl (C=O) groups is 1. The summed E-state index contributed by atoms with van der Waals surface area (Å²) in [6.45, 7) is 0. The van der Waals surface area contributed by atoms with Gasteiger partial charge in [0.1, 0.15) is 5.69 Å². The van der Waals surface area contributed by atoms with Crippen molar-refractivity contribution in [1.29, 1.82) is 0 Å². The number of pyridine rings is 1. The fourth-order valence-corrected chi connectivity index (χ4v) is 3.40. The second-order valence-corrected chi connectivity index (χ2v) is 5.77. The lowest BCUT2D eigenvalue weighted by atomic mass is 10.2. The van der Waals surface area contributed by atoms with Gasteiger partial charge in [0.2, 0.25) is 0 Å². The highest BCUT2D eigenvalue weighted by molar-refractivity contribution is 9.10. The smallest absolute Gasteiger partial charge is 0.273 e. The molecule has 1 unspecified atom stereocenters. The van der Waals surface area contributed by atoms with Crippen LogP contribution >= 0.6 is 27.7 Å². The fourth-order valence-electron chi connectivity index (χ4n) is 1.70. The molecule has 16 heavy (non-hydrogen) atoms. The number of nitrogens with zero attached hydrogens (tertiary/aromatic N) is 2. The van der Waals surface area contributed by atoms with Crippen LogP contribution in [-0.2, 0) is 0 Å². The van der Waals surface area contributed by atoms with Crippen molar-refractivity contribution in [2.75, 3.05) is 18.6 Å². The van der Waals surface area contributed by atoms with Gasteiger partial charge in [-0.2, -0.15) is 11.8 Å². The van der Waals surface area contributed by atoms with Crippen LogP contribution in [0.15, 0.2) is 22.8 Å². The number of thioether (sulfide) groups is 1. The maximum atomic E-state index is 12.2. The van der Waals surface area contributed by atoms with Gasteiger partial charge >= 0.3 is 0 Å². The van der Waals surface area contributed by atoms with Gasteiger partial charge in [0.15, 0.2) is 0 Å². The molecular formula is C11H13BrN2OS. The summed E-state index contributed by atoms with van der Waals surface area (Å²) in [7, 11) is 1.86. The van der Waals surface area contributed by atoms with E-state index in [1.165, 1.54) is 0 Å². The molecule has 2 heterocycles. The minimum Gasteiger partial charge on any atom is -0.336 e. The lowest BCUT2D eigenvalue weighted by Crippen LogP contribution is -2.37. The average Bonchev–Trinajstić information content (AvgIpc) is 2.81. The van der Waals surface area contributed by atoms with Crippen LogP contribution in [0.4, 0.5) is 0 Å². The SMILES string of the molecule is CN(C(=O)c1ncccc1Br)C1CCSC1. The van der Waals surface area contributed by atoms with E-state index >= 15 is 0 Å². The first-order valence-corrected chi connectivity index (χ1v) is 7.10. The molecule has 1 aliphatic heterocycles. The third kappa shape index (κ3) is 2.40. The molecule has 1 aromatic rings. The van der Waals surface area contributed by atoms with Gasteiger partial charge in [0.25, 0.3) is 5.91 Å². The van der Waals surface area contributed by atoms with E-state index < -0.39 is 0 Å². The van der Waals surface area contributed by atoms with Crippen LogP contribution in [0.3, 0.4) is 0 Å². The fraction of sp³-hybridized carbons (Fsp3) is 0.455. The molecule has 0 N–H and O–H groups in total. The standard InChI is InChI=1S/C11H13BrN2OS/c1-14(8-4-6-16-7-8)11(15)10-9(12)3-2-5-13-10/h2-3,5,8H,4,6-7H2,1H3. The first-order chi connectivity index (χ1) is 7.70. The Bertz CT molecular complexity index is 393. The average molecular weight is 301 g/mol. The Morgan fingerprint density at radius 2 is 2.50 bits per heavy atom. The predicted molar refractivity (Wildman–Crippen MR) is 69.8 cm³/mol. The molecule has 0 aromatic carbocycles. The van der Waals surface area contributed by atoms with Crippen molar-refractivity contribution < 1.29 is 4.79 Å². The van der Waals surface area contributed by atoms with Crippen LogP contribution in [-0.4, -0.2) is 40.4 Å². The van der Waals surface area contributed by atoms with Gasteiger partial charge in [0, 0.05) is 29.5 Å². The van der Waals surface area contributed by atoms with Crippen molar-refractivity contribution in [3.05, 3.63) is 28.5 Å². The van der Waals surface area contributed by atoms with Crippen molar-refractivity contribution >= 4 is 33.6 Å². The number of halogens is 1. The minimum absolute atomic E-state index is 0.0000231. The Balaban J connectivity index is 2.15. The van der Waals surface area contributed by atoms with Gasteiger partial charge in [-0.05, 0) is 40.2 Å². The van der Waals surface area contributed by atoms with E-state index in [0.717, 1.165) is 22.4 Å². The van der Waals surface area contributed by atoms with Crippen molar-refractivity contribution in [2.45, 2.75) is 12.5 Å². The molecule has 0 bridgehead atoms. The number of hydrogen-bond acceptors (Lipinski definition) is 3. The van der Waals surface area contributed by atoms with E-state index in [9.17, 15) is 4.79 Å². The molecule has 2 rings (SSSR count). The van der Waals surface area contributed by atoms with Crippen LogP contribution in [0.5, 0.6) is 0 Å². The van der Waals surface area contributed by atoms with Gasteiger partial charge in [-0.15, -0.1) is 0 Å². The number of aromatic nitrogens is 1. The normalized spacial score (nSPS) is 19.8. The first kappa shape index (κ1) is 11.9. The Morgan fingerprint density at radius 3 is 3.12 bits per heavy atom. The van der Waals surface area contributed by atoms with E-state index in [1.54, 1.807) is 6.20 Å². The van der Waals surface area contributed by atoms with E-state index in [4.69, 9.17) is 0 Å². The molecule has 0 saturated carbocycles. The molecule has 1 amide bonds. The summed E-state index contributed by atoms with van der Waals surface area (Å²) in [4.78, 5) is 18.1. The Hall–Kier alpha value is -0.550. The molecule has 5 heteroatoms. The second-order valence-electron chi connectivity index (χ2n) is 3.77. The molecule has 0 aliphatic carbocycles. The van der Waals surface area contributed by atoms with Crippen molar-refractivity contribution in [1.82, 2.24) is 9.88 Å². The van der Waals surface area contributed by atoms with Crippen LogP contribution < -0.4 is 0 Å². The summed E-state index contributed by atoms with van der Waals surface area (Å²) in [6, 6.07) is 4.01. The second kappa shape index (κ2) is 5.19. The summed E-state index contributed by atoms with van der Waals surface area (Å²) in [5, 5.41) is 0. The van der Waals surface area contributed by atoms with Crippen LogP contribution in [0.2, 0.25) is 0 Å². The molecule has 3 nitrogen and oxygen atoms in total. The molecule has 1 aromatic heterocycles. The zero-order chi connectivity index (χ0) is 11.5. The van der Waals surface area contributed by atoms with E-state index in [1.807, 2.05) is 35.8 Å². The zero-order valence-electron chi connectivity index (χ0n) is 9.02. The lowest BCUT2D eigenvalue weighted by molar-refractivity contribution is 0.0741. The maximum Gasteiger partial charge on any atom is 0.273 e. The molecule has 0 radical (unpaired) electrons. The summed E-state index contributed by atoms with van der Waals surface area (Å²) in [6.07, 6.45) is 2.73. The van der Waals surface area contributed by atoms with E-state index in [0.29, 0.717) is 11.7 Å². The Labute approximate surface area is 108 Å². The minimum atomic E-state index is -0.0000231. The highest BCUT2D eigenvalue weighted by atomic mass is 79.9. The number of hydrogen-bond donors (Lipinski definition) is 0. The number of rotatable bonds is 2. The summed E-state index contributed by atoms with van der Waals surface area (Å²) in [5.74, 6) is 2.18. The van der Waals surface area contributed by atoms with Crippen LogP contribution in [0.1, 0.15) is 16.9 Å². The molecular weight excluding hydrogens is 288 g/mol. The topological polar surface area (TPSA) is 33.2 Å². The van der Waals surface area contributed by atoms with Crippen molar-refractivity contribution in [3.63, 3.8) is 0 Å². The Morgan fingerprint density at radius 1 is 1.69 bits per heavy atom. The maximum absolute atomic E-state index is 12.2. The van der Waals surface area contributed by atoms with Gasteiger partial charge in [-0.3, -0.25) is 4.79 Å². The first-order valence-electron chi connectivity index (χ1n) is 5.15. The summed E-state index contributed by atoms with van der Waals surface area (Å²) < 4.78 is 0.762. The van der Waals surface area contributed by atoms with Gasteiger partial charge in [-0.25, -0.2) is 4.98 Å². The number of carbonyl (C=O) groups excluding carboxylic acids is 1. The van der Waals surface area contributed by atoms with Crippen molar-refractivity contribution in [3.8, 4) is 0 Å². The van der Waals surface area contributed by atoms with Gasteiger partial charge in [-0.1, -0.05) is 0 Å². The summed E-state index contributed by atoms with van der Waals surface area (Å²) >= 11 is 5.26. The molecule has 1 fully saturated rings. The zero-order valence-corrected chi connectivity index (χ0v) is 11.4. The summed E-state index contributed by atoms with van der Waals surface area (Å²) in [5.41, 5.74) is 0.502. The quantitative estimate of drug-likeness (QED) is 0.841.